The Labute approximate surface area is 220 Å². The number of methoxy groups -OCH3 is 1. The maximum Gasteiger partial charge on any atom is 0.408 e. The van der Waals surface area contributed by atoms with Crippen molar-refractivity contribution in [3.63, 3.8) is 0 Å². The third-order valence-electron chi connectivity index (χ3n) is 5.70. The lowest BCUT2D eigenvalue weighted by Crippen LogP contribution is -2.49. The second kappa shape index (κ2) is 16.4. The van der Waals surface area contributed by atoms with E-state index in [1.54, 1.807) is 20.8 Å². The molecule has 0 saturated carbocycles. The number of nitrogens with one attached hydrogen (secondary N) is 3. The van der Waals surface area contributed by atoms with E-state index < -0.39 is 23.8 Å². The van der Waals surface area contributed by atoms with Crippen LogP contribution in [0, 0.1) is 11.8 Å². The fourth-order valence-corrected chi connectivity index (χ4v) is 3.29. The molecule has 3 amide bonds. The first-order valence-electron chi connectivity index (χ1n) is 12.7. The number of carbonyl (C=O) groups is 4. The molecule has 3 N–H and O–H groups in total. The van der Waals surface area contributed by atoms with Gasteiger partial charge in [-0.1, -0.05) is 44.2 Å². The summed E-state index contributed by atoms with van der Waals surface area (Å²) in [4.78, 5) is 48.6. The number of carbonyl (C=O) groups excluding carboxylic acids is 4. The topological polar surface area (TPSA) is 132 Å². The summed E-state index contributed by atoms with van der Waals surface area (Å²) in [5.74, 6) is -0.597. The smallest absolute Gasteiger partial charge is 0.408 e. The molecule has 0 aliphatic rings. The highest BCUT2D eigenvalue weighted by Gasteiger charge is 2.25. The molecule has 3 unspecified atom stereocenters. The molecule has 1 rings (SSSR count). The third kappa shape index (κ3) is 14.8. The second-order valence-corrected chi connectivity index (χ2v) is 10.2. The van der Waals surface area contributed by atoms with Gasteiger partial charge in [0.25, 0.3) is 0 Å². The lowest BCUT2D eigenvalue weighted by molar-refractivity contribution is -0.141. The van der Waals surface area contributed by atoms with E-state index in [1.807, 2.05) is 44.2 Å². The lowest BCUT2D eigenvalue weighted by atomic mass is 9.92. The molecule has 0 aliphatic carbocycles. The molecular formula is C27H43N3O7. The normalized spacial score (nSPS) is 13.5. The maximum atomic E-state index is 12.9. The van der Waals surface area contributed by atoms with Crippen LogP contribution in [0.5, 0.6) is 0 Å². The Morgan fingerprint density at radius 1 is 0.919 bits per heavy atom. The third-order valence-corrected chi connectivity index (χ3v) is 5.70. The molecule has 1 aromatic carbocycles. The molecule has 1 aromatic rings. The zero-order valence-corrected chi connectivity index (χ0v) is 22.9. The molecule has 0 radical (unpaired) electrons. The number of benzene rings is 1. The number of amides is 3. The van der Waals surface area contributed by atoms with Crippen LogP contribution < -0.4 is 16.0 Å². The van der Waals surface area contributed by atoms with E-state index in [4.69, 9.17) is 14.2 Å². The zero-order chi connectivity index (χ0) is 27.8. The molecule has 10 nitrogen and oxygen atoms in total. The van der Waals surface area contributed by atoms with Crippen molar-refractivity contribution < 1.29 is 33.4 Å². The molecule has 0 spiro atoms. The molecule has 37 heavy (non-hydrogen) atoms. The molecule has 0 heterocycles. The van der Waals surface area contributed by atoms with E-state index in [0.717, 1.165) is 5.56 Å². The standard InChI is InChI=1S/C27H43N3O7/c1-19(16-23(31)35-6)20(2)17-29-24(32)22(30-26(34)37-27(3,4)5)14-10-11-15-28-25(33)36-18-21-12-8-7-9-13-21/h7-9,12-13,19-20,22H,10-11,14-18H2,1-6H3,(H,28,33)(H,29,32)(H,30,34). The van der Waals surface area contributed by atoms with E-state index >= 15 is 0 Å². The van der Waals surface area contributed by atoms with Crippen molar-refractivity contribution in [2.24, 2.45) is 11.8 Å². The number of rotatable bonds is 14. The number of unbranched alkanes of at least 4 members (excludes halogenated alkanes) is 1. The first-order chi connectivity index (χ1) is 17.4. The molecule has 0 bridgehead atoms. The van der Waals surface area contributed by atoms with Gasteiger partial charge in [-0.05, 0) is 57.4 Å². The Morgan fingerprint density at radius 3 is 2.22 bits per heavy atom. The number of hydrogen-bond acceptors (Lipinski definition) is 7. The van der Waals surface area contributed by atoms with Gasteiger partial charge >= 0.3 is 18.2 Å². The van der Waals surface area contributed by atoms with Gasteiger partial charge in [-0.25, -0.2) is 9.59 Å². The van der Waals surface area contributed by atoms with Gasteiger partial charge in [0.2, 0.25) is 5.91 Å². The first kappa shape index (κ1) is 31.7. The summed E-state index contributed by atoms with van der Waals surface area (Å²) in [5.41, 5.74) is 0.196. The van der Waals surface area contributed by atoms with Crippen molar-refractivity contribution >= 4 is 24.1 Å². The summed E-state index contributed by atoms with van der Waals surface area (Å²) in [7, 11) is 1.34. The molecule has 0 saturated heterocycles. The molecule has 0 aliphatic heterocycles. The summed E-state index contributed by atoms with van der Waals surface area (Å²) < 4.78 is 15.2. The largest absolute Gasteiger partial charge is 0.469 e. The predicted molar refractivity (Wildman–Crippen MR) is 140 cm³/mol. The van der Waals surface area contributed by atoms with Crippen molar-refractivity contribution in [2.45, 2.75) is 78.6 Å². The Bertz CT molecular complexity index is 855. The molecule has 10 heteroatoms. The van der Waals surface area contributed by atoms with Crippen LogP contribution in [-0.2, 0) is 30.4 Å². The van der Waals surface area contributed by atoms with Gasteiger partial charge in [0, 0.05) is 19.5 Å². The van der Waals surface area contributed by atoms with Gasteiger partial charge in [-0.2, -0.15) is 0 Å². The summed E-state index contributed by atoms with van der Waals surface area (Å²) in [6.45, 7) is 9.99. The van der Waals surface area contributed by atoms with Crippen LogP contribution in [0.3, 0.4) is 0 Å². The highest BCUT2D eigenvalue weighted by atomic mass is 16.6. The molecule has 0 fully saturated rings. The van der Waals surface area contributed by atoms with Crippen molar-refractivity contribution in [1.29, 1.82) is 0 Å². The number of esters is 1. The molecule has 3 atom stereocenters. The van der Waals surface area contributed by atoms with Crippen LogP contribution >= 0.6 is 0 Å². The monoisotopic (exact) mass is 521 g/mol. The average molecular weight is 522 g/mol. The van der Waals surface area contributed by atoms with Crippen molar-refractivity contribution in [1.82, 2.24) is 16.0 Å². The van der Waals surface area contributed by atoms with Gasteiger partial charge in [0.15, 0.2) is 0 Å². The number of alkyl carbamates (subject to hydrolysis) is 2. The summed E-state index contributed by atoms with van der Waals surface area (Å²) >= 11 is 0. The fourth-order valence-electron chi connectivity index (χ4n) is 3.29. The van der Waals surface area contributed by atoms with Crippen LogP contribution in [-0.4, -0.2) is 55.9 Å². The predicted octanol–water partition coefficient (Wildman–Crippen LogP) is 3.93. The SMILES string of the molecule is COC(=O)CC(C)C(C)CNC(=O)C(CCCCNC(=O)OCc1ccccc1)NC(=O)OC(C)(C)C. The minimum absolute atomic E-state index is 0.0118. The first-order valence-corrected chi connectivity index (χ1v) is 12.7. The van der Waals surface area contributed by atoms with Gasteiger partial charge in [-0.15, -0.1) is 0 Å². The quantitative estimate of drug-likeness (QED) is 0.192. The van der Waals surface area contributed by atoms with E-state index in [-0.39, 0.29) is 36.7 Å². The second-order valence-electron chi connectivity index (χ2n) is 10.2. The van der Waals surface area contributed by atoms with Crippen LogP contribution in [0.2, 0.25) is 0 Å². The van der Waals surface area contributed by atoms with E-state index in [2.05, 4.69) is 16.0 Å². The highest BCUT2D eigenvalue weighted by molar-refractivity contribution is 5.85. The van der Waals surface area contributed by atoms with Crippen molar-refractivity contribution in [3.05, 3.63) is 35.9 Å². The van der Waals surface area contributed by atoms with Gasteiger partial charge in [0.05, 0.1) is 7.11 Å². The van der Waals surface area contributed by atoms with Gasteiger partial charge < -0.3 is 30.2 Å². The Kier molecular flexibility index (Phi) is 14.1. The summed E-state index contributed by atoms with van der Waals surface area (Å²) in [6, 6.07) is 8.58. The maximum absolute atomic E-state index is 12.9. The number of ether oxygens (including phenoxy) is 3. The van der Waals surface area contributed by atoms with Gasteiger partial charge in [-0.3, -0.25) is 9.59 Å². The van der Waals surface area contributed by atoms with E-state index in [0.29, 0.717) is 32.4 Å². The number of hydrogen-bond donors (Lipinski definition) is 3. The van der Waals surface area contributed by atoms with Crippen LogP contribution in [0.25, 0.3) is 0 Å². The Hall–Kier alpha value is -3.30. The average Bonchev–Trinajstić information content (AvgIpc) is 2.84. The summed E-state index contributed by atoms with van der Waals surface area (Å²) in [6.07, 6.45) is 0.585. The zero-order valence-electron chi connectivity index (χ0n) is 22.9. The Morgan fingerprint density at radius 2 is 1.59 bits per heavy atom. The minimum Gasteiger partial charge on any atom is -0.469 e. The lowest BCUT2D eigenvalue weighted by Gasteiger charge is -2.24. The fraction of sp³-hybridized carbons (Fsp3) is 0.630. The Balaban J connectivity index is 2.51. The van der Waals surface area contributed by atoms with E-state index in [9.17, 15) is 19.2 Å². The summed E-state index contributed by atoms with van der Waals surface area (Å²) in [5, 5.41) is 8.20. The van der Waals surface area contributed by atoms with Crippen LogP contribution in [0.4, 0.5) is 9.59 Å². The van der Waals surface area contributed by atoms with Crippen LogP contribution in [0.1, 0.15) is 65.9 Å². The highest BCUT2D eigenvalue weighted by Crippen LogP contribution is 2.15. The van der Waals surface area contributed by atoms with E-state index in [1.165, 1.54) is 7.11 Å². The van der Waals surface area contributed by atoms with Crippen molar-refractivity contribution in [3.8, 4) is 0 Å². The van der Waals surface area contributed by atoms with Crippen molar-refractivity contribution in [2.75, 3.05) is 20.2 Å². The molecule has 208 valence electrons. The molecular weight excluding hydrogens is 478 g/mol. The molecule has 0 aromatic heterocycles. The van der Waals surface area contributed by atoms with Crippen LogP contribution in [0.15, 0.2) is 30.3 Å². The minimum atomic E-state index is -0.803. The van der Waals surface area contributed by atoms with Gasteiger partial charge in [0.1, 0.15) is 18.2 Å².